The van der Waals surface area contributed by atoms with Crippen LogP contribution in [-0.2, 0) is 19.1 Å². The first-order valence-corrected chi connectivity index (χ1v) is 11.5. The molecule has 2 atom stereocenters. The van der Waals surface area contributed by atoms with Crippen LogP contribution in [0.1, 0.15) is 57.8 Å². The molecule has 3 rings (SSSR count). The van der Waals surface area contributed by atoms with E-state index < -0.39 is 37.0 Å². The molecule has 36 heavy (non-hydrogen) atoms. The molecule has 186 valence electrons. The van der Waals surface area contributed by atoms with Gasteiger partial charge in [0.05, 0.1) is 23.2 Å². The molecular formula is C28H28N2O6. The second-order valence-corrected chi connectivity index (χ2v) is 8.13. The Morgan fingerprint density at radius 3 is 1.25 bits per heavy atom. The lowest BCUT2D eigenvalue weighted by molar-refractivity contribution is -0.125. The number of amides is 2. The summed E-state index contributed by atoms with van der Waals surface area (Å²) in [6, 6.07) is 23.9. The van der Waals surface area contributed by atoms with Crippen LogP contribution in [0.25, 0.3) is 0 Å². The Bertz CT molecular complexity index is 1090. The summed E-state index contributed by atoms with van der Waals surface area (Å²) >= 11 is 0. The summed E-state index contributed by atoms with van der Waals surface area (Å²) in [5.74, 6) is -2.27. The Morgan fingerprint density at radius 1 is 0.583 bits per heavy atom. The molecule has 2 unspecified atom stereocenters. The highest BCUT2D eigenvalue weighted by molar-refractivity contribution is 5.95. The molecule has 0 fully saturated rings. The molecule has 3 aromatic rings. The van der Waals surface area contributed by atoms with Crippen LogP contribution in [0.15, 0.2) is 84.9 Å². The zero-order chi connectivity index (χ0) is 25.9. The van der Waals surface area contributed by atoms with Crippen molar-refractivity contribution < 1.29 is 28.7 Å². The molecule has 8 heteroatoms. The third-order valence-corrected chi connectivity index (χ3v) is 5.38. The number of ether oxygens (including phenoxy) is 2. The lowest BCUT2D eigenvalue weighted by atomic mass is 10.1. The number of hydrogen-bond acceptors (Lipinski definition) is 6. The smallest absolute Gasteiger partial charge is 0.338 e. The molecule has 0 aliphatic carbocycles. The Morgan fingerprint density at radius 2 is 0.917 bits per heavy atom. The Kier molecular flexibility index (Phi) is 9.33. The third kappa shape index (κ3) is 7.80. The maximum absolute atomic E-state index is 12.2. The number of carbonyl (C=O) groups excluding carboxylic acids is 4. The van der Waals surface area contributed by atoms with Crippen LogP contribution in [-0.4, -0.2) is 37.0 Å². The van der Waals surface area contributed by atoms with Crippen molar-refractivity contribution in [2.45, 2.75) is 25.9 Å². The van der Waals surface area contributed by atoms with Gasteiger partial charge in [-0.15, -0.1) is 0 Å². The molecule has 2 amide bonds. The standard InChI is InChI=1S/C28H28N2O6/c1-19(21-9-5-3-6-10-21)29-25(31)17-35-27(33)23-13-15-24(16-14-23)28(34)36-18-26(32)30-20(2)22-11-7-4-8-12-22/h3-16,19-20H,17-18H2,1-2H3,(H,29,31)(H,30,32). The van der Waals surface area contributed by atoms with Gasteiger partial charge < -0.3 is 20.1 Å². The number of carbonyl (C=O) groups is 4. The molecule has 3 aromatic carbocycles. The Balaban J connectivity index is 1.42. The molecule has 0 spiro atoms. The van der Waals surface area contributed by atoms with Gasteiger partial charge in [0.15, 0.2) is 13.2 Å². The average Bonchev–Trinajstić information content (AvgIpc) is 2.91. The summed E-state index contributed by atoms with van der Waals surface area (Å²) < 4.78 is 10.1. The van der Waals surface area contributed by atoms with E-state index in [9.17, 15) is 19.2 Å². The molecule has 0 aliphatic rings. The molecule has 0 bridgehead atoms. The van der Waals surface area contributed by atoms with E-state index in [1.54, 1.807) is 0 Å². The first-order chi connectivity index (χ1) is 17.3. The minimum atomic E-state index is -0.702. The molecule has 0 radical (unpaired) electrons. The summed E-state index contributed by atoms with van der Waals surface area (Å²) in [5, 5.41) is 5.52. The van der Waals surface area contributed by atoms with E-state index in [2.05, 4.69) is 10.6 Å². The highest BCUT2D eigenvalue weighted by atomic mass is 16.5. The predicted octanol–water partition coefficient (Wildman–Crippen LogP) is 3.76. The van der Waals surface area contributed by atoms with Crippen LogP contribution in [0.2, 0.25) is 0 Å². The van der Waals surface area contributed by atoms with Gasteiger partial charge in [-0.25, -0.2) is 9.59 Å². The Labute approximate surface area is 209 Å². The van der Waals surface area contributed by atoms with Crippen LogP contribution >= 0.6 is 0 Å². The number of nitrogens with one attached hydrogen (secondary N) is 2. The summed E-state index contributed by atoms with van der Waals surface area (Å²) in [7, 11) is 0. The monoisotopic (exact) mass is 488 g/mol. The molecule has 0 saturated carbocycles. The number of esters is 2. The largest absolute Gasteiger partial charge is 0.452 e. The van der Waals surface area contributed by atoms with Gasteiger partial charge in [-0.2, -0.15) is 0 Å². The van der Waals surface area contributed by atoms with E-state index in [4.69, 9.17) is 9.47 Å². The fourth-order valence-electron chi connectivity index (χ4n) is 3.39. The van der Waals surface area contributed by atoms with E-state index in [0.29, 0.717) is 0 Å². The van der Waals surface area contributed by atoms with Crippen molar-refractivity contribution in [2.75, 3.05) is 13.2 Å². The van der Waals surface area contributed by atoms with Crippen LogP contribution in [0, 0.1) is 0 Å². The fourth-order valence-corrected chi connectivity index (χ4v) is 3.39. The first-order valence-electron chi connectivity index (χ1n) is 11.5. The quantitative estimate of drug-likeness (QED) is 0.421. The Hall–Kier alpha value is -4.46. The van der Waals surface area contributed by atoms with Crippen molar-refractivity contribution in [3.05, 3.63) is 107 Å². The van der Waals surface area contributed by atoms with Gasteiger partial charge in [0.1, 0.15) is 0 Å². The number of rotatable bonds is 10. The summed E-state index contributed by atoms with van der Waals surface area (Å²) in [4.78, 5) is 48.7. The molecule has 0 aliphatic heterocycles. The van der Waals surface area contributed by atoms with E-state index in [-0.39, 0.29) is 23.2 Å². The fraction of sp³-hybridized carbons (Fsp3) is 0.214. The lowest BCUT2D eigenvalue weighted by Crippen LogP contribution is -2.31. The lowest BCUT2D eigenvalue weighted by Gasteiger charge is -2.14. The number of benzene rings is 3. The summed E-state index contributed by atoms with van der Waals surface area (Å²) in [6.45, 7) is 2.80. The first kappa shape index (κ1) is 26.2. The molecule has 0 saturated heterocycles. The van der Waals surface area contributed by atoms with Gasteiger partial charge >= 0.3 is 11.9 Å². The van der Waals surface area contributed by atoms with Gasteiger partial charge in [-0.1, -0.05) is 60.7 Å². The van der Waals surface area contributed by atoms with Crippen molar-refractivity contribution in [3.63, 3.8) is 0 Å². The second kappa shape index (κ2) is 12.9. The zero-order valence-electron chi connectivity index (χ0n) is 20.1. The topological polar surface area (TPSA) is 111 Å². The van der Waals surface area contributed by atoms with Gasteiger partial charge in [0.25, 0.3) is 11.8 Å². The summed E-state index contributed by atoms with van der Waals surface area (Å²) in [5.41, 5.74) is 2.21. The van der Waals surface area contributed by atoms with E-state index >= 15 is 0 Å². The minimum Gasteiger partial charge on any atom is -0.452 e. The van der Waals surface area contributed by atoms with Crippen LogP contribution in [0.4, 0.5) is 0 Å². The van der Waals surface area contributed by atoms with Crippen molar-refractivity contribution in [1.29, 1.82) is 0 Å². The van der Waals surface area contributed by atoms with Crippen LogP contribution in [0.3, 0.4) is 0 Å². The van der Waals surface area contributed by atoms with Gasteiger partial charge in [-0.05, 0) is 49.2 Å². The van der Waals surface area contributed by atoms with E-state index in [0.717, 1.165) is 11.1 Å². The van der Waals surface area contributed by atoms with Gasteiger partial charge in [0, 0.05) is 0 Å². The SMILES string of the molecule is CC(NC(=O)COC(=O)c1ccc(C(=O)OCC(=O)NC(C)c2ccccc2)cc1)c1ccccc1. The maximum atomic E-state index is 12.2. The van der Waals surface area contributed by atoms with Crippen molar-refractivity contribution in [1.82, 2.24) is 10.6 Å². The van der Waals surface area contributed by atoms with Crippen LogP contribution < -0.4 is 10.6 Å². The minimum absolute atomic E-state index is 0.171. The van der Waals surface area contributed by atoms with Crippen molar-refractivity contribution >= 4 is 23.8 Å². The highest BCUT2D eigenvalue weighted by Gasteiger charge is 2.16. The zero-order valence-corrected chi connectivity index (χ0v) is 20.1. The van der Waals surface area contributed by atoms with Crippen molar-refractivity contribution in [2.24, 2.45) is 0 Å². The van der Waals surface area contributed by atoms with E-state index in [1.807, 2.05) is 74.5 Å². The molecule has 0 heterocycles. The third-order valence-electron chi connectivity index (χ3n) is 5.38. The normalized spacial score (nSPS) is 12.1. The highest BCUT2D eigenvalue weighted by Crippen LogP contribution is 2.12. The summed E-state index contributed by atoms with van der Waals surface area (Å²) in [6.07, 6.45) is 0. The molecule has 0 aromatic heterocycles. The molecular weight excluding hydrogens is 460 g/mol. The predicted molar refractivity (Wildman–Crippen MR) is 133 cm³/mol. The van der Waals surface area contributed by atoms with Crippen molar-refractivity contribution in [3.8, 4) is 0 Å². The van der Waals surface area contributed by atoms with Gasteiger partial charge in [0.2, 0.25) is 0 Å². The van der Waals surface area contributed by atoms with Crippen LogP contribution in [0.5, 0.6) is 0 Å². The second-order valence-electron chi connectivity index (χ2n) is 8.13. The molecule has 2 N–H and O–H groups in total. The average molecular weight is 489 g/mol. The van der Waals surface area contributed by atoms with E-state index in [1.165, 1.54) is 24.3 Å². The maximum Gasteiger partial charge on any atom is 0.338 e. The van der Waals surface area contributed by atoms with Gasteiger partial charge in [-0.3, -0.25) is 9.59 Å². The number of hydrogen-bond donors (Lipinski definition) is 2. The molecule has 8 nitrogen and oxygen atoms in total.